The number of nitrogens with one attached hydrogen (secondary N) is 2. The van der Waals surface area contributed by atoms with Crippen LogP contribution in [0.25, 0.3) is 0 Å². The van der Waals surface area contributed by atoms with Crippen LogP contribution >= 0.6 is 0 Å². The Balaban J connectivity index is 1.87. The summed E-state index contributed by atoms with van der Waals surface area (Å²) in [5.41, 5.74) is 1.89. The molecule has 0 spiro atoms. The third-order valence-electron chi connectivity index (χ3n) is 3.61. The molecule has 0 bridgehead atoms. The number of rotatable bonds is 9. The van der Waals surface area contributed by atoms with E-state index in [-0.39, 0.29) is 5.91 Å². The zero-order chi connectivity index (χ0) is 19.0. The van der Waals surface area contributed by atoms with Crippen molar-refractivity contribution in [3.63, 3.8) is 0 Å². The highest BCUT2D eigenvalue weighted by Gasteiger charge is 2.08. The van der Waals surface area contributed by atoms with E-state index in [0.717, 1.165) is 30.4 Å². The lowest BCUT2D eigenvalue weighted by Crippen LogP contribution is -2.25. The first kappa shape index (κ1) is 19.8. The fourth-order valence-corrected chi connectivity index (χ4v) is 3.08. The largest absolute Gasteiger partial charge is 0.494 e. The summed E-state index contributed by atoms with van der Waals surface area (Å²) in [6, 6.07) is 14.3. The number of hydrogen-bond acceptors (Lipinski definition) is 4. The van der Waals surface area contributed by atoms with Crippen LogP contribution in [0.4, 0.5) is 5.69 Å². The maximum atomic E-state index is 12.2. The Morgan fingerprint density at radius 2 is 1.88 bits per heavy atom. The predicted octanol–water partition coefficient (Wildman–Crippen LogP) is 2.82. The molecule has 140 valence electrons. The lowest BCUT2D eigenvalue weighted by molar-refractivity contribution is 0.0953. The number of sulfonamides is 1. The minimum absolute atomic E-state index is 0.236. The van der Waals surface area contributed by atoms with Gasteiger partial charge < -0.3 is 10.1 Å². The molecule has 0 radical (unpaired) electrons. The summed E-state index contributed by atoms with van der Waals surface area (Å²) in [7, 11) is -3.37. The highest BCUT2D eigenvalue weighted by molar-refractivity contribution is 7.92. The first-order valence-electron chi connectivity index (χ1n) is 8.46. The van der Waals surface area contributed by atoms with Crippen molar-refractivity contribution >= 4 is 21.6 Å². The van der Waals surface area contributed by atoms with Crippen LogP contribution in [-0.2, 0) is 16.4 Å². The van der Waals surface area contributed by atoms with E-state index >= 15 is 0 Å². The average Bonchev–Trinajstić information content (AvgIpc) is 2.59. The van der Waals surface area contributed by atoms with E-state index in [1.54, 1.807) is 18.2 Å². The van der Waals surface area contributed by atoms with Crippen LogP contribution in [0.5, 0.6) is 5.75 Å². The Bertz CT molecular complexity index is 850. The quantitative estimate of drug-likeness (QED) is 0.659. The SMILES string of the molecule is CCOc1ccccc1CCCNC(=O)c1cccc(NS(C)(=O)=O)c1. The molecule has 6 nitrogen and oxygen atoms in total. The zero-order valence-corrected chi connectivity index (χ0v) is 15.8. The lowest BCUT2D eigenvalue weighted by atomic mass is 10.1. The van der Waals surface area contributed by atoms with Crippen molar-refractivity contribution in [2.45, 2.75) is 19.8 Å². The minimum atomic E-state index is -3.37. The fraction of sp³-hybridized carbons (Fsp3) is 0.316. The monoisotopic (exact) mass is 376 g/mol. The van der Waals surface area contributed by atoms with E-state index in [4.69, 9.17) is 4.74 Å². The maximum absolute atomic E-state index is 12.2. The number of anilines is 1. The molecule has 2 N–H and O–H groups in total. The Morgan fingerprint density at radius 1 is 1.12 bits per heavy atom. The first-order chi connectivity index (χ1) is 12.4. The summed E-state index contributed by atoms with van der Waals surface area (Å²) in [4.78, 5) is 12.2. The van der Waals surface area contributed by atoms with Crippen LogP contribution in [0.2, 0.25) is 0 Å². The van der Waals surface area contributed by atoms with Gasteiger partial charge in [-0.25, -0.2) is 8.42 Å². The second-order valence-corrected chi connectivity index (χ2v) is 7.60. The first-order valence-corrected chi connectivity index (χ1v) is 10.3. The van der Waals surface area contributed by atoms with Gasteiger partial charge >= 0.3 is 0 Å². The molecule has 2 rings (SSSR count). The molecule has 0 aliphatic heterocycles. The molecule has 2 aromatic carbocycles. The van der Waals surface area contributed by atoms with Gasteiger partial charge in [-0.05, 0) is 49.6 Å². The van der Waals surface area contributed by atoms with E-state index in [1.165, 1.54) is 6.07 Å². The molecule has 0 unspecified atom stereocenters. The second-order valence-electron chi connectivity index (χ2n) is 5.86. The van der Waals surface area contributed by atoms with Crippen molar-refractivity contribution < 1.29 is 17.9 Å². The van der Waals surface area contributed by atoms with Crippen molar-refractivity contribution in [3.05, 3.63) is 59.7 Å². The van der Waals surface area contributed by atoms with Gasteiger partial charge in [0.15, 0.2) is 0 Å². The van der Waals surface area contributed by atoms with Crippen molar-refractivity contribution in [1.82, 2.24) is 5.32 Å². The van der Waals surface area contributed by atoms with E-state index in [2.05, 4.69) is 10.0 Å². The summed E-state index contributed by atoms with van der Waals surface area (Å²) < 4.78 is 30.5. The Kier molecular flexibility index (Phi) is 7.03. The van der Waals surface area contributed by atoms with Crippen LogP contribution in [0.1, 0.15) is 29.3 Å². The topological polar surface area (TPSA) is 84.5 Å². The molecule has 0 aliphatic carbocycles. The van der Waals surface area contributed by atoms with Crippen molar-refractivity contribution in [2.24, 2.45) is 0 Å². The molecular weight excluding hydrogens is 352 g/mol. The third kappa shape index (κ3) is 6.40. The van der Waals surface area contributed by atoms with Gasteiger partial charge in [0, 0.05) is 17.8 Å². The number of hydrogen-bond donors (Lipinski definition) is 2. The van der Waals surface area contributed by atoms with Crippen LogP contribution in [-0.4, -0.2) is 33.7 Å². The second kappa shape index (κ2) is 9.24. The van der Waals surface area contributed by atoms with Crippen molar-refractivity contribution in [3.8, 4) is 5.75 Å². The number of benzene rings is 2. The number of carbonyl (C=O) groups excluding carboxylic acids is 1. The Morgan fingerprint density at radius 3 is 2.62 bits per heavy atom. The van der Waals surface area contributed by atoms with Crippen LogP contribution < -0.4 is 14.8 Å². The van der Waals surface area contributed by atoms with Gasteiger partial charge in [0.2, 0.25) is 10.0 Å². The molecule has 0 saturated heterocycles. The summed E-state index contributed by atoms with van der Waals surface area (Å²) in [5.74, 6) is 0.640. The predicted molar refractivity (Wildman–Crippen MR) is 103 cm³/mol. The molecule has 2 aromatic rings. The van der Waals surface area contributed by atoms with E-state index in [0.29, 0.717) is 24.4 Å². The van der Waals surface area contributed by atoms with E-state index in [9.17, 15) is 13.2 Å². The van der Waals surface area contributed by atoms with Gasteiger partial charge in [0.1, 0.15) is 5.75 Å². The lowest BCUT2D eigenvalue weighted by Gasteiger charge is -2.10. The fourth-order valence-electron chi connectivity index (χ4n) is 2.53. The molecule has 7 heteroatoms. The van der Waals surface area contributed by atoms with Gasteiger partial charge in [-0.15, -0.1) is 0 Å². The molecule has 0 atom stereocenters. The molecule has 0 aromatic heterocycles. The van der Waals surface area contributed by atoms with Gasteiger partial charge in [0.05, 0.1) is 12.9 Å². The molecule has 0 fully saturated rings. The van der Waals surface area contributed by atoms with E-state index < -0.39 is 10.0 Å². The molecule has 26 heavy (non-hydrogen) atoms. The summed E-state index contributed by atoms with van der Waals surface area (Å²) >= 11 is 0. The number of amides is 1. The van der Waals surface area contributed by atoms with Gasteiger partial charge in [-0.1, -0.05) is 24.3 Å². The summed E-state index contributed by atoms with van der Waals surface area (Å²) in [6.07, 6.45) is 2.64. The summed E-state index contributed by atoms with van der Waals surface area (Å²) in [5, 5.41) is 2.85. The van der Waals surface area contributed by atoms with Gasteiger partial charge in [-0.3, -0.25) is 9.52 Å². The molecular formula is C19H24N2O4S. The molecule has 0 saturated carbocycles. The number of ether oxygens (including phenoxy) is 1. The smallest absolute Gasteiger partial charge is 0.251 e. The van der Waals surface area contributed by atoms with Crippen LogP contribution in [0.15, 0.2) is 48.5 Å². The van der Waals surface area contributed by atoms with Gasteiger partial charge in [0.25, 0.3) is 5.91 Å². The molecule has 0 aliphatic rings. The average molecular weight is 376 g/mol. The maximum Gasteiger partial charge on any atom is 0.251 e. The number of aryl methyl sites for hydroxylation is 1. The standard InChI is InChI=1S/C19H24N2O4S/c1-3-25-18-12-5-4-8-15(18)10-7-13-20-19(22)16-9-6-11-17(14-16)21-26(2,23)24/h4-6,8-9,11-12,14,21H,3,7,10,13H2,1-2H3,(H,20,22). The number of para-hydroxylation sites is 1. The highest BCUT2D eigenvalue weighted by Crippen LogP contribution is 2.19. The highest BCUT2D eigenvalue weighted by atomic mass is 32.2. The minimum Gasteiger partial charge on any atom is -0.494 e. The number of carbonyl (C=O) groups is 1. The van der Waals surface area contributed by atoms with E-state index in [1.807, 2.05) is 31.2 Å². The van der Waals surface area contributed by atoms with Crippen LogP contribution in [0.3, 0.4) is 0 Å². The Hall–Kier alpha value is -2.54. The van der Waals surface area contributed by atoms with Gasteiger partial charge in [-0.2, -0.15) is 0 Å². The molecule has 1 amide bonds. The van der Waals surface area contributed by atoms with Crippen molar-refractivity contribution in [2.75, 3.05) is 24.1 Å². The normalized spacial score (nSPS) is 11.0. The zero-order valence-electron chi connectivity index (χ0n) is 15.0. The Labute approximate surface area is 154 Å². The third-order valence-corrected chi connectivity index (χ3v) is 4.22. The molecule has 0 heterocycles. The van der Waals surface area contributed by atoms with Crippen LogP contribution in [0, 0.1) is 0 Å². The summed E-state index contributed by atoms with van der Waals surface area (Å²) in [6.45, 7) is 3.08. The van der Waals surface area contributed by atoms with Crippen molar-refractivity contribution in [1.29, 1.82) is 0 Å².